The number of benzene rings is 3. The zero-order valence-corrected chi connectivity index (χ0v) is 19.9. The molecule has 10 nitrogen and oxygen atoms in total. The fraction of sp³-hybridized carbons (Fsp3) is 0.222. The number of carbonyl (C=O) groups excluding carboxylic acids is 2. The van der Waals surface area contributed by atoms with Crippen LogP contribution in [0, 0.1) is 0 Å². The topological polar surface area (TPSA) is 125 Å². The summed E-state index contributed by atoms with van der Waals surface area (Å²) in [5.74, 6) is -0.641. The molecule has 3 aliphatic heterocycles. The summed E-state index contributed by atoms with van der Waals surface area (Å²) in [7, 11) is 0. The Kier molecular flexibility index (Phi) is 5.45. The molecule has 3 N–H and O–H groups in total. The predicted molar refractivity (Wildman–Crippen MR) is 134 cm³/mol. The lowest BCUT2D eigenvalue weighted by molar-refractivity contribution is -0.529. The Morgan fingerprint density at radius 1 is 1.11 bits per heavy atom. The van der Waals surface area contributed by atoms with Gasteiger partial charge in [0.2, 0.25) is 5.69 Å². The molecule has 186 valence electrons. The normalized spacial score (nSPS) is 23.6. The van der Waals surface area contributed by atoms with Crippen LogP contribution >= 0.6 is 0 Å². The van der Waals surface area contributed by atoms with Crippen molar-refractivity contribution in [1.29, 1.82) is 0 Å². The molecular formula is C27H24N5O5+. The van der Waals surface area contributed by atoms with Gasteiger partial charge in [-0.2, -0.15) is 0 Å². The second kappa shape index (κ2) is 8.82. The number of aliphatic hydroxyl groups is 1. The number of hydrogen-bond acceptors (Lipinski definition) is 8. The number of ether oxygens (including phenoxy) is 1. The molecule has 0 fully saturated rings. The third-order valence-corrected chi connectivity index (χ3v) is 6.75. The number of amides is 1. The van der Waals surface area contributed by atoms with Crippen LogP contribution in [-0.2, 0) is 19.9 Å². The maximum Gasteiger partial charge on any atom is 0.338 e. The first-order chi connectivity index (χ1) is 18.0. The number of aliphatic imine (C=N–C) groups is 1. The molecule has 0 bridgehead atoms. The van der Waals surface area contributed by atoms with E-state index >= 15 is 0 Å². The summed E-state index contributed by atoms with van der Waals surface area (Å²) in [6, 6.07) is 20.8. The van der Waals surface area contributed by atoms with Crippen LogP contribution in [0.2, 0.25) is 0 Å². The molecule has 3 unspecified atom stereocenters. The van der Waals surface area contributed by atoms with Crippen molar-refractivity contribution >= 4 is 40.3 Å². The highest BCUT2D eigenvalue weighted by Gasteiger charge is 2.54. The number of hydrogen-bond donors (Lipinski definition) is 3. The van der Waals surface area contributed by atoms with Gasteiger partial charge in [-0.3, -0.25) is 4.79 Å². The second-order valence-electron chi connectivity index (χ2n) is 8.96. The van der Waals surface area contributed by atoms with Gasteiger partial charge in [-0.1, -0.05) is 30.3 Å². The Bertz CT molecular complexity index is 1470. The fourth-order valence-corrected chi connectivity index (χ4v) is 5.01. The molecular weight excluding hydrogens is 474 g/mol. The first kappa shape index (κ1) is 22.9. The van der Waals surface area contributed by atoms with E-state index in [0.29, 0.717) is 28.3 Å². The first-order valence-electron chi connectivity index (χ1n) is 12.0. The monoisotopic (exact) mass is 498 g/mol. The van der Waals surface area contributed by atoms with Crippen LogP contribution < -0.4 is 10.6 Å². The van der Waals surface area contributed by atoms with Crippen molar-refractivity contribution in [2.75, 3.05) is 17.2 Å². The minimum absolute atomic E-state index is 0.155. The van der Waals surface area contributed by atoms with Gasteiger partial charge in [-0.15, -0.1) is 0 Å². The van der Waals surface area contributed by atoms with Gasteiger partial charge < -0.3 is 25.3 Å². The first-order valence-corrected chi connectivity index (χ1v) is 12.0. The second-order valence-corrected chi connectivity index (χ2v) is 8.96. The summed E-state index contributed by atoms with van der Waals surface area (Å²) in [6.45, 7) is 2.02. The molecule has 3 heterocycles. The number of anilines is 2. The molecule has 3 aliphatic rings. The molecule has 10 heteroatoms. The van der Waals surface area contributed by atoms with Crippen molar-refractivity contribution in [1.82, 2.24) is 0 Å². The van der Waals surface area contributed by atoms with E-state index in [-0.39, 0.29) is 18.9 Å². The molecule has 0 aromatic heterocycles. The number of fused-ring (bicyclic) bond motifs is 3. The zero-order chi connectivity index (χ0) is 25.6. The predicted octanol–water partition coefficient (Wildman–Crippen LogP) is 4.03. The lowest BCUT2D eigenvalue weighted by Crippen LogP contribution is -2.47. The summed E-state index contributed by atoms with van der Waals surface area (Å²) in [4.78, 5) is 35.8. The number of nitrogens with zero attached hydrogens (tertiary/aromatic N) is 3. The molecule has 0 saturated carbocycles. The van der Waals surface area contributed by atoms with Crippen LogP contribution in [0.4, 0.5) is 22.7 Å². The summed E-state index contributed by atoms with van der Waals surface area (Å²) in [6.07, 6.45) is -1.17. The number of nitrogens with one attached hydrogen (secondary N) is 2. The minimum Gasteiger partial charge on any atom is -0.462 e. The Labute approximate surface area is 212 Å². The van der Waals surface area contributed by atoms with Crippen LogP contribution in [0.15, 0.2) is 83.1 Å². The third kappa shape index (κ3) is 3.73. The van der Waals surface area contributed by atoms with Gasteiger partial charge in [0.1, 0.15) is 0 Å². The molecule has 3 atom stereocenters. The van der Waals surface area contributed by atoms with Crippen LogP contribution in [0.1, 0.15) is 29.3 Å². The SMILES string of the molecule is CCOC(=O)c1ccc([N+]2=NOC(O)C2C2=Nc3ccccc3NC3(C2)C(=O)Nc2ccccc23)cc1. The Hall–Kier alpha value is -4.57. The molecule has 0 aliphatic carbocycles. The Morgan fingerprint density at radius 3 is 2.62 bits per heavy atom. The maximum atomic E-state index is 13.5. The Balaban J connectivity index is 1.43. The zero-order valence-electron chi connectivity index (χ0n) is 19.9. The summed E-state index contributed by atoms with van der Waals surface area (Å²) < 4.78 is 6.57. The third-order valence-electron chi connectivity index (χ3n) is 6.75. The largest absolute Gasteiger partial charge is 0.462 e. The number of aliphatic hydroxyl groups excluding tert-OH is 1. The van der Waals surface area contributed by atoms with Crippen molar-refractivity contribution in [3.63, 3.8) is 0 Å². The van der Waals surface area contributed by atoms with E-state index in [1.807, 2.05) is 48.5 Å². The molecule has 0 saturated heterocycles. The number of esters is 1. The van der Waals surface area contributed by atoms with Crippen LogP contribution in [-0.4, -0.2) is 46.3 Å². The van der Waals surface area contributed by atoms with Gasteiger partial charge in [0.15, 0.2) is 10.8 Å². The molecule has 6 rings (SSSR count). The lowest BCUT2D eigenvalue weighted by Gasteiger charge is -2.29. The van der Waals surface area contributed by atoms with Gasteiger partial charge in [-0.25, -0.2) is 9.79 Å². The van der Waals surface area contributed by atoms with Gasteiger partial charge >= 0.3 is 12.3 Å². The highest BCUT2D eigenvalue weighted by Crippen LogP contribution is 2.46. The Morgan fingerprint density at radius 2 is 1.84 bits per heavy atom. The average molecular weight is 499 g/mol. The summed E-state index contributed by atoms with van der Waals surface area (Å²) >= 11 is 0. The number of carbonyl (C=O) groups is 2. The number of para-hydroxylation sites is 3. The van der Waals surface area contributed by atoms with Crippen molar-refractivity contribution in [3.05, 3.63) is 83.9 Å². The van der Waals surface area contributed by atoms with E-state index in [1.165, 1.54) is 4.70 Å². The summed E-state index contributed by atoms with van der Waals surface area (Å²) in [5, 5.41) is 21.4. The van der Waals surface area contributed by atoms with Gasteiger partial charge in [0.05, 0.1) is 29.3 Å². The quantitative estimate of drug-likeness (QED) is 0.369. The van der Waals surface area contributed by atoms with Crippen molar-refractivity contribution in [3.8, 4) is 0 Å². The smallest absolute Gasteiger partial charge is 0.338 e. The van der Waals surface area contributed by atoms with Gasteiger partial charge in [0, 0.05) is 29.8 Å². The van der Waals surface area contributed by atoms with Crippen LogP contribution in [0.5, 0.6) is 0 Å². The van der Waals surface area contributed by atoms with E-state index < -0.39 is 23.8 Å². The summed E-state index contributed by atoms with van der Waals surface area (Å²) in [5.41, 5.74) is 3.16. The van der Waals surface area contributed by atoms with Gasteiger partial charge in [0.25, 0.3) is 11.9 Å². The maximum absolute atomic E-state index is 13.5. The van der Waals surface area contributed by atoms with Crippen molar-refractivity contribution in [2.45, 2.75) is 31.2 Å². The molecule has 0 radical (unpaired) electrons. The molecule has 37 heavy (non-hydrogen) atoms. The van der Waals surface area contributed by atoms with Gasteiger partial charge in [-0.05, 0) is 42.0 Å². The average Bonchev–Trinajstić information content (AvgIpc) is 3.35. The van der Waals surface area contributed by atoms with E-state index in [4.69, 9.17) is 14.6 Å². The van der Waals surface area contributed by atoms with Crippen LogP contribution in [0.3, 0.4) is 0 Å². The standard InChI is InChI=1S/C27H23N5O5/c1-2-36-24(33)16-11-13-17(14-12-16)32-23(25(34)37-31-32)22-15-27(30-21-10-6-5-9-20(21)28-22)18-7-3-4-8-19(18)29-26(27)35/h3-14,23,25,30,34H,2,15H2,1H3/p+1. The molecule has 1 amide bonds. The van der Waals surface area contributed by atoms with E-state index in [0.717, 1.165) is 11.3 Å². The fourth-order valence-electron chi connectivity index (χ4n) is 5.01. The lowest BCUT2D eigenvalue weighted by atomic mass is 9.84. The highest BCUT2D eigenvalue weighted by atomic mass is 16.7. The van der Waals surface area contributed by atoms with Crippen molar-refractivity contribution in [2.24, 2.45) is 10.3 Å². The number of rotatable bonds is 4. The molecule has 1 spiro atoms. The minimum atomic E-state index is -1.33. The van der Waals surface area contributed by atoms with Crippen molar-refractivity contribution < 1.29 is 29.0 Å². The molecule has 3 aromatic carbocycles. The van der Waals surface area contributed by atoms with E-state index in [9.17, 15) is 14.7 Å². The van der Waals surface area contributed by atoms with Crippen LogP contribution in [0.25, 0.3) is 0 Å². The molecule has 3 aromatic rings. The van der Waals surface area contributed by atoms with E-state index in [1.54, 1.807) is 31.2 Å². The van der Waals surface area contributed by atoms with E-state index in [2.05, 4.69) is 15.9 Å². The highest BCUT2D eigenvalue weighted by molar-refractivity contribution is 6.12.